The van der Waals surface area contributed by atoms with Crippen molar-refractivity contribution in [1.29, 1.82) is 5.26 Å². The number of amides is 1. The van der Waals surface area contributed by atoms with E-state index in [-0.39, 0.29) is 28.9 Å². The summed E-state index contributed by atoms with van der Waals surface area (Å²) in [6.07, 6.45) is 1.62. The zero-order valence-corrected chi connectivity index (χ0v) is 17.1. The first-order valence-corrected chi connectivity index (χ1v) is 9.67. The van der Waals surface area contributed by atoms with Gasteiger partial charge in [0, 0.05) is 29.1 Å². The molecule has 1 aromatic carbocycles. The van der Waals surface area contributed by atoms with Crippen LogP contribution in [0.1, 0.15) is 49.3 Å². The fourth-order valence-corrected chi connectivity index (χ4v) is 5.58. The lowest BCUT2D eigenvalue weighted by Crippen LogP contribution is -2.74. The molecular formula is C22H22ClN3O2. The smallest absolute Gasteiger partial charge is 0.256 e. The minimum Gasteiger partial charge on any atom is -0.489 e. The normalized spacial score (nSPS) is 24.3. The molecule has 144 valence electrons. The largest absolute Gasteiger partial charge is 0.489 e. The topological polar surface area (TPSA) is 66.2 Å². The number of halogens is 1. The van der Waals surface area contributed by atoms with E-state index >= 15 is 0 Å². The summed E-state index contributed by atoms with van der Waals surface area (Å²) in [6.45, 7) is 9.04. The van der Waals surface area contributed by atoms with Gasteiger partial charge in [0.15, 0.2) is 0 Å². The van der Waals surface area contributed by atoms with Crippen LogP contribution in [0.4, 0.5) is 0 Å². The Bertz CT molecular complexity index is 993. The minimum absolute atomic E-state index is 0.0144. The third-order valence-electron chi connectivity index (χ3n) is 6.09. The molecule has 0 N–H and O–H groups in total. The van der Waals surface area contributed by atoms with Crippen LogP contribution in [-0.2, 0) is 6.54 Å². The quantitative estimate of drug-likeness (QED) is 0.770. The number of nitriles is 1. The number of carbonyl (C=O) groups is 1. The second-order valence-electron chi connectivity index (χ2n) is 8.73. The first kappa shape index (κ1) is 18.8. The van der Waals surface area contributed by atoms with Crippen molar-refractivity contribution in [3.63, 3.8) is 0 Å². The van der Waals surface area contributed by atoms with Crippen LogP contribution < -0.4 is 4.74 Å². The summed E-state index contributed by atoms with van der Waals surface area (Å²) >= 11 is 6.16. The van der Waals surface area contributed by atoms with E-state index in [0.29, 0.717) is 28.4 Å². The number of aromatic nitrogens is 1. The number of hydrogen-bond donors (Lipinski definition) is 0. The second kappa shape index (κ2) is 6.22. The summed E-state index contributed by atoms with van der Waals surface area (Å²) in [7, 11) is 0. The van der Waals surface area contributed by atoms with E-state index in [1.165, 1.54) is 0 Å². The fraction of sp³-hybridized carbons (Fsp3) is 0.409. The molecule has 5 nitrogen and oxygen atoms in total. The Hall–Kier alpha value is -2.58. The molecule has 0 saturated heterocycles. The Morgan fingerprint density at radius 3 is 2.57 bits per heavy atom. The molecule has 1 saturated carbocycles. The zero-order chi connectivity index (χ0) is 20.3. The molecule has 1 amide bonds. The highest BCUT2D eigenvalue weighted by Crippen LogP contribution is 2.59. The molecule has 0 atom stereocenters. The number of pyridine rings is 1. The Labute approximate surface area is 169 Å². The molecule has 0 radical (unpaired) electrons. The van der Waals surface area contributed by atoms with Crippen molar-refractivity contribution in [3.8, 4) is 11.8 Å². The van der Waals surface area contributed by atoms with Gasteiger partial charge in [0.2, 0.25) is 0 Å². The van der Waals surface area contributed by atoms with Crippen LogP contribution in [0.2, 0.25) is 5.02 Å². The van der Waals surface area contributed by atoms with Crippen molar-refractivity contribution in [2.75, 3.05) is 0 Å². The Morgan fingerprint density at radius 1 is 1.25 bits per heavy atom. The Balaban J connectivity index is 1.60. The second-order valence-corrected chi connectivity index (χ2v) is 9.13. The minimum atomic E-state index is -0.262. The predicted molar refractivity (Wildman–Crippen MR) is 106 cm³/mol. The van der Waals surface area contributed by atoms with Crippen LogP contribution in [0, 0.1) is 22.2 Å². The van der Waals surface area contributed by atoms with E-state index in [0.717, 1.165) is 5.69 Å². The predicted octanol–water partition coefficient (Wildman–Crippen LogP) is 4.44. The number of hydrogen-bond acceptors (Lipinski definition) is 4. The van der Waals surface area contributed by atoms with Gasteiger partial charge in [0.25, 0.3) is 5.91 Å². The summed E-state index contributed by atoms with van der Waals surface area (Å²) in [4.78, 5) is 19.3. The summed E-state index contributed by atoms with van der Waals surface area (Å²) < 4.78 is 6.32. The van der Waals surface area contributed by atoms with E-state index in [2.05, 4.69) is 38.7 Å². The molecule has 28 heavy (non-hydrogen) atoms. The van der Waals surface area contributed by atoms with Crippen LogP contribution in [0.25, 0.3) is 0 Å². The maximum absolute atomic E-state index is 13.0. The SMILES string of the molecule is CC1(C)C(Oc2ccc(C#N)c(Cl)c2)C(C)(C)C1N1Cc2ncccc2C1=O. The average Bonchev–Trinajstić information content (AvgIpc) is 2.95. The molecule has 0 spiro atoms. The van der Waals surface area contributed by atoms with Crippen molar-refractivity contribution in [2.24, 2.45) is 10.8 Å². The van der Waals surface area contributed by atoms with E-state index in [4.69, 9.17) is 21.6 Å². The molecule has 2 aliphatic rings. The summed E-state index contributed by atoms with van der Waals surface area (Å²) in [6, 6.07) is 10.8. The highest BCUT2D eigenvalue weighted by Gasteiger charge is 2.67. The monoisotopic (exact) mass is 395 g/mol. The fourth-order valence-electron chi connectivity index (χ4n) is 5.37. The Morgan fingerprint density at radius 2 is 1.96 bits per heavy atom. The van der Waals surface area contributed by atoms with Crippen LogP contribution in [0.15, 0.2) is 36.5 Å². The van der Waals surface area contributed by atoms with E-state index < -0.39 is 0 Å². The van der Waals surface area contributed by atoms with Gasteiger partial charge in [0.1, 0.15) is 17.9 Å². The highest BCUT2D eigenvalue weighted by molar-refractivity contribution is 6.31. The summed E-state index contributed by atoms with van der Waals surface area (Å²) in [5, 5.41) is 9.43. The summed E-state index contributed by atoms with van der Waals surface area (Å²) in [5.74, 6) is 0.667. The van der Waals surface area contributed by atoms with Crippen molar-refractivity contribution in [1.82, 2.24) is 9.88 Å². The summed E-state index contributed by atoms with van der Waals surface area (Å²) in [5.41, 5.74) is 1.43. The molecule has 1 aliphatic heterocycles. The van der Waals surface area contributed by atoms with Crippen LogP contribution >= 0.6 is 11.6 Å². The number of fused-ring (bicyclic) bond motifs is 1. The molecule has 1 fully saturated rings. The van der Waals surface area contributed by atoms with Gasteiger partial charge in [-0.15, -0.1) is 0 Å². The first-order valence-electron chi connectivity index (χ1n) is 9.29. The molecule has 0 unspecified atom stereocenters. The Kier molecular flexibility index (Phi) is 4.17. The van der Waals surface area contributed by atoms with Gasteiger partial charge < -0.3 is 9.64 Å². The van der Waals surface area contributed by atoms with Gasteiger partial charge in [0.05, 0.1) is 28.4 Å². The van der Waals surface area contributed by atoms with Gasteiger partial charge in [-0.1, -0.05) is 39.3 Å². The molecule has 1 aromatic heterocycles. The highest BCUT2D eigenvalue weighted by atomic mass is 35.5. The van der Waals surface area contributed by atoms with E-state index in [9.17, 15) is 4.79 Å². The molecule has 4 rings (SSSR count). The van der Waals surface area contributed by atoms with E-state index in [1.807, 2.05) is 11.0 Å². The lowest BCUT2D eigenvalue weighted by atomic mass is 9.49. The van der Waals surface area contributed by atoms with Crippen LogP contribution in [-0.4, -0.2) is 27.9 Å². The van der Waals surface area contributed by atoms with Crippen molar-refractivity contribution in [3.05, 3.63) is 58.4 Å². The van der Waals surface area contributed by atoms with Gasteiger partial charge in [-0.05, 0) is 24.3 Å². The number of ether oxygens (including phenoxy) is 1. The van der Waals surface area contributed by atoms with Gasteiger partial charge in [-0.25, -0.2) is 0 Å². The lowest BCUT2D eigenvalue weighted by Gasteiger charge is -2.65. The van der Waals surface area contributed by atoms with Crippen LogP contribution in [0.5, 0.6) is 5.75 Å². The molecule has 0 bridgehead atoms. The van der Waals surface area contributed by atoms with Gasteiger partial charge in [-0.3, -0.25) is 9.78 Å². The van der Waals surface area contributed by atoms with Crippen molar-refractivity contribution >= 4 is 17.5 Å². The number of carbonyl (C=O) groups excluding carboxylic acids is 1. The van der Waals surface area contributed by atoms with E-state index in [1.54, 1.807) is 30.5 Å². The first-order chi connectivity index (χ1) is 13.2. The maximum Gasteiger partial charge on any atom is 0.256 e. The van der Waals surface area contributed by atoms with Crippen molar-refractivity contribution < 1.29 is 9.53 Å². The number of benzene rings is 1. The molecule has 1 aliphatic carbocycles. The molecular weight excluding hydrogens is 374 g/mol. The molecule has 2 aromatic rings. The number of nitrogens with zero attached hydrogens (tertiary/aromatic N) is 3. The molecule has 2 heterocycles. The molecule has 6 heteroatoms. The zero-order valence-electron chi connectivity index (χ0n) is 16.4. The third-order valence-corrected chi connectivity index (χ3v) is 6.40. The van der Waals surface area contributed by atoms with Crippen molar-refractivity contribution in [2.45, 2.75) is 46.4 Å². The van der Waals surface area contributed by atoms with Gasteiger partial charge in [-0.2, -0.15) is 5.26 Å². The van der Waals surface area contributed by atoms with Gasteiger partial charge >= 0.3 is 0 Å². The standard InChI is InChI=1S/C22H22ClN3O2/c1-21(2)19(26-12-17-15(18(26)27)6-5-9-25-17)22(3,4)20(21)28-14-8-7-13(11-24)16(23)10-14/h5-10,19-20H,12H2,1-4H3. The number of rotatable bonds is 3. The third kappa shape index (κ3) is 2.59. The maximum atomic E-state index is 13.0. The average molecular weight is 396 g/mol. The van der Waals surface area contributed by atoms with Crippen LogP contribution in [0.3, 0.4) is 0 Å². The lowest BCUT2D eigenvalue weighted by molar-refractivity contribution is -0.199.